The van der Waals surface area contributed by atoms with Gasteiger partial charge in [0, 0.05) is 0 Å². The molecule has 0 aromatic rings. The summed E-state index contributed by atoms with van der Waals surface area (Å²) < 4.78 is 0. The molecule has 0 radical (unpaired) electrons. The highest BCUT2D eigenvalue weighted by molar-refractivity contribution is 6.58. The van der Waals surface area contributed by atoms with E-state index in [1.54, 1.807) is 15.8 Å². The summed E-state index contributed by atoms with van der Waals surface area (Å²) in [6.07, 6.45) is 0. The predicted octanol–water partition coefficient (Wildman–Crippen LogP) is 1.45. The third kappa shape index (κ3) is 10.9. The van der Waals surface area contributed by atoms with Gasteiger partial charge in [0.05, 0.1) is 0 Å². The summed E-state index contributed by atoms with van der Waals surface area (Å²) in [4.78, 5) is 0. The Morgan fingerprint density at radius 3 is 1.00 bits per heavy atom. The second kappa shape index (κ2) is 9.08. The average Bonchev–Trinajstić information content (AvgIpc) is 1.80. The summed E-state index contributed by atoms with van der Waals surface area (Å²) in [6.45, 7) is 14.3. The Morgan fingerprint density at radius 1 is 0.643 bits per heavy atom. The molecule has 0 amide bonds. The number of hydrogen-bond acceptors (Lipinski definition) is 0. The first kappa shape index (κ1) is 17.2. The van der Waals surface area contributed by atoms with E-state index in [0.29, 0.717) is 0 Å². The smallest absolute Gasteiger partial charge is 0.262 e. The predicted molar refractivity (Wildman–Crippen MR) is 64.7 cm³/mol. The quantitative estimate of drug-likeness (QED) is 0.610. The number of rotatable bonds is 6. The highest BCUT2D eigenvalue weighted by Gasteiger charge is 2.20. The molecule has 0 atom stereocenters. The van der Waals surface area contributed by atoms with Crippen molar-refractivity contribution in [3.8, 4) is 0 Å². The molecule has 0 aliphatic heterocycles. The van der Waals surface area contributed by atoms with Gasteiger partial charge >= 0.3 is 0 Å². The molecule has 0 bridgehead atoms. The fourth-order valence-corrected chi connectivity index (χ4v) is 6.87. The summed E-state index contributed by atoms with van der Waals surface area (Å²) in [5, 5.41) is 4.66. The molecule has 0 rings (SSSR count). The Hall–Kier alpha value is 0.822. The minimum Gasteiger partial charge on any atom is -1.00 e. The van der Waals surface area contributed by atoms with E-state index in [2.05, 4.69) is 41.5 Å². The van der Waals surface area contributed by atoms with Crippen molar-refractivity contribution in [1.29, 1.82) is 0 Å². The maximum Gasteiger partial charge on any atom is 0.262 e. The monoisotopic (exact) mass is 233 g/mol. The van der Waals surface area contributed by atoms with Crippen molar-refractivity contribution in [2.24, 2.45) is 17.8 Å². The maximum atomic E-state index is 2.38. The second-order valence-corrected chi connectivity index (χ2v) is 8.90. The standard InChI is InChI=1S/3C4H9.Al.ClH/c3*1-4(2)3;;/h3*4H,1H2,2-3H3;;1H/p-1. The lowest BCUT2D eigenvalue weighted by Crippen LogP contribution is -3.00. The topological polar surface area (TPSA) is 0 Å². The average molecular weight is 234 g/mol. The molecule has 0 aromatic heterocycles. The van der Waals surface area contributed by atoms with Gasteiger partial charge in [0.15, 0.2) is 0 Å². The third-order valence-corrected chi connectivity index (χ3v) is 7.24. The third-order valence-electron chi connectivity index (χ3n) is 2.41. The molecule has 86 valence electrons. The van der Waals surface area contributed by atoms with Gasteiger partial charge in [0.25, 0.3) is 14.1 Å². The van der Waals surface area contributed by atoms with Crippen LogP contribution in [-0.2, 0) is 0 Å². The second-order valence-electron chi connectivity index (χ2n) is 5.75. The molecular weight excluding hydrogens is 207 g/mol. The van der Waals surface area contributed by atoms with Gasteiger partial charge in [-0.1, -0.05) is 75.1 Å². The Morgan fingerprint density at radius 2 is 0.857 bits per heavy atom. The van der Waals surface area contributed by atoms with Gasteiger partial charge < -0.3 is 12.4 Å². The van der Waals surface area contributed by atoms with E-state index in [0.717, 1.165) is 17.8 Å². The largest absolute Gasteiger partial charge is 1.00 e. The maximum absolute atomic E-state index is 2.38. The minimum atomic E-state index is -0.407. The Balaban J connectivity index is 0. The van der Waals surface area contributed by atoms with Crippen molar-refractivity contribution < 1.29 is 12.4 Å². The van der Waals surface area contributed by atoms with Gasteiger partial charge in [-0.05, 0) is 0 Å². The lowest BCUT2D eigenvalue weighted by Gasteiger charge is -2.17. The zero-order valence-electron chi connectivity index (χ0n) is 10.8. The van der Waals surface area contributed by atoms with Crippen molar-refractivity contribution in [3.05, 3.63) is 0 Å². The molecule has 0 spiro atoms. The van der Waals surface area contributed by atoms with E-state index in [1.807, 2.05) is 0 Å². The molecule has 0 aliphatic carbocycles. The SMILES string of the molecule is CC(C)[CH2][Al]([CH2]C(C)C)[CH2]C(C)C.[Cl-]. The van der Waals surface area contributed by atoms with E-state index >= 15 is 0 Å². The molecule has 0 saturated carbocycles. The normalized spacial score (nSPS) is 10.9. The molecule has 0 heterocycles. The molecule has 0 fully saturated rings. The van der Waals surface area contributed by atoms with Crippen molar-refractivity contribution in [2.75, 3.05) is 0 Å². The minimum absolute atomic E-state index is 0. The van der Waals surface area contributed by atoms with Crippen LogP contribution in [0.1, 0.15) is 41.5 Å². The van der Waals surface area contributed by atoms with Gasteiger partial charge in [-0.25, -0.2) is 0 Å². The van der Waals surface area contributed by atoms with E-state index in [9.17, 15) is 0 Å². The fourth-order valence-electron chi connectivity index (χ4n) is 2.29. The van der Waals surface area contributed by atoms with E-state index in [4.69, 9.17) is 0 Å². The highest BCUT2D eigenvalue weighted by Crippen LogP contribution is 2.20. The van der Waals surface area contributed by atoms with Crippen molar-refractivity contribution in [3.63, 3.8) is 0 Å². The van der Waals surface area contributed by atoms with Crippen LogP contribution in [0.25, 0.3) is 0 Å². The summed E-state index contributed by atoms with van der Waals surface area (Å²) in [5.41, 5.74) is 0. The molecule has 0 unspecified atom stereocenters. The molecule has 0 saturated heterocycles. The Labute approximate surface area is 102 Å². The Kier molecular flexibility index (Phi) is 11.2. The van der Waals surface area contributed by atoms with Gasteiger partial charge in [-0.3, -0.25) is 0 Å². The van der Waals surface area contributed by atoms with Gasteiger partial charge in [0.2, 0.25) is 0 Å². The zero-order chi connectivity index (χ0) is 10.4. The van der Waals surface area contributed by atoms with E-state index in [1.165, 1.54) is 0 Å². The van der Waals surface area contributed by atoms with Crippen LogP contribution in [-0.4, -0.2) is 14.1 Å². The lowest BCUT2D eigenvalue weighted by molar-refractivity contribution is -0.00000358. The van der Waals surface area contributed by atoms with Crippen LogP contribution in [0.5, 0.6) is 0 Å². The molecule has 0 aromatic carbocycles. The van der Waals surface area contributed by atoms with Crippen LogP contribution in [0.2, 0.25) is 15.8 Å². The molecule has 0 aliphatic rings. The van der Waals surface area contributed by atoms with E-state index < -0.39 is 14.1 Å². The van der Waals surface area contributed by atoms with Crippen LogP contribution >= 0.6 is 0 Å². The molecular formula is C12H27AlCl-. The first-order valence-electron chi connectivity index (χ1n) is 5.91. The summed E-state index contributed by atoms with van der Waals surface area (Å²) >= 11 is -0.407. The number of halogens is 1. The molecule has 0 N–H and O–H groups in total. The first-order valence-corrected chi connectivity index (χ1v) is 8.36. The zero-order valence-corrected chi connectivity index (χ0v) is 12.7. The van der Waals surface area contributed by atoms with Gasteiger partial charge in [-0.15, -0.1) is 0 Å². The van der Waals surface area contributed by atoms with Crippen LogP contribution in [0, 0.1) is 17.8 Å². The number of hydrogen-bond donors (Lipinski definition) is 0. The van der Waals surface area contributed by atoms with Gasteiger partial charge in [-0.2, -0.15) is 0 Å². The molecule has 2 heteroatoms. The fraction of sp³-hybridized carbons (Fsp3) is 1.00. The lowest BCUT2D eigenvalue weighted by atomic mass is 10.2. The van der Waals surface area contributed by atoms with Crippen molar-refractivity contribution >= 4 is 14.1 Å². The first-order chi connectivity index (χ1) is 5.91. The highest BCUT2D eigenvalue weighted by atomic mass is 35.5. The van der Waals surface area contributed by atoms with Crippen LogP contribution in [0.3, 0.4) is 0 Å². The molecule has 14 heavy (non-hydrogen) atoms. The summed E-state index contributed by atoms with van der Waals surface area (Å²) in [5.74, 6) is 2.78. The summed E-state index contributed by atoms with van der Waals surface area (Å²) in [6, 6.07) is 0. The van der Waals surface area contributed by atoms with Crippen LogP contribution in [0.15, 0.2) is 0 Å². The van der Waals surface area contributed by atoms with Crippen LogP contribution in [0.4, 0.5) is 0 Å². The summed E-state index contributed by atoms with van der Waals surface area (Å²) in [7, 11) is 0. The van der Waals surface area contributed by atoms with Crippen molar-refractivity contribution in [1.82, 2.24) is 0 Å². The van der Waals surface area contributed by atoms with E-state index in [-0.39, 0.29) is 12.4 Å². The van der Waals surface area contributed by atoms with Crippen LogP contribution < -0.4 is 12.4 Å². The van der Waals surface area contributed by atoms with Crippen molar-refractivity contribution in [2.45, 2.75) is 57.4 Å². The molecule has 0 nitrogen and oxygen atoms in total. The van der Waals surface area contributed by atoms with Gasteiger partial charge in [0.1, 0.15) is 0 Å². The Bertz CT molecular complexity index is 97.7.